The Hall–Kier alpha value is -2.33. The molecule has 1 heterocycles. The normalized spacial score (nSPS) is 15.0. The van der Waals surface area contributed by atoms with E-state index in [9.17, 15) is 4.79 Å². The van der Waals surface area contributed by atoms with E-state index in [0.29, 0.717) is 22.5 Å². The first-order valence-electron chi connectivity index (χ1n) is 11.6. The average molecular weight is 481 g/mol. The van der Waals surface area contributed by atoms with Gasteiger partial charge in [0.25, 0.3) is 0 Å². The number of nitrogens with zero attached hydrogens (tertiary/aromatic N) is 1. The summed E-state index contributed by atoms with van der Waals surface area (Å²) in [6.07, 6.45) is 2.85. The first-order chi connectivity index (χ1) is 16.1. The number of halogens is 2. The Balaban J connectivity index is 1.27. The van der Waals surface area contributed by atoms with Gasteiger partial charge in [0.2, 0.25) is 5.91 Å². The van der Waals surface area contributed by atoms with Gasteiger partial charge >= 0.3 is 0 Å². The summed E-state index contributed by atoms with van der Waals surface area (Å²) >= 11 is 12.2. The highest BCUT2D eigenvalue weighted by atomic mass is 35.5. The summed E-state index contributed by atoms with van der Waals surface area (Å²) in [5.41, 5.74) is 3.61. The average Bonchev–Trinajstić information content (AvgIpc) is 2.85. The van der Waals surface area contributed by atoms with E-state index in [0.717, 1.165) is 44.5 Å². The van der Waals surface area contributed by atoms with Gasteiger partial charge in [-0.1, -0.05) is 89.9 Å². The summed E-state index contributed by atoms with van der Waals surface area (Å²) < 4.78 is 0. The summed E-state index contributed by atoms with van der Waals surface area (Å²) in [6.45, 7) is 3.38. The van der Waals surface area contributed by atoms with Gasteiger partial charge in [0, 0.05) is 28.4 Å². The molecule has 0 spiro atoms. The van der Waals surface area contributed by atoms with Gasteiger partial charge in [-0.25, -0.2) is 0 Å². The summed E-state index contributed by atoms with van der Waals surface area (Å²) in [4.78, 5) is 15.2. The highest BCUT2D eigenvalue weighted by Gasteiger charge is 2.25. The van der Waals surface area contributed by atoms with Crippen molar-refractivity contribution in [2.75, 3.05) is 19.6 Å². The van der Waals surface area contributed by atoms with E-state index in [-0.39, 0.29) is 11.8 Å². The van der Waals surface area contributed by atoms with Gasteiger partial charge in [0.1, 0.15) is 0 Å². The quantitative estimate of drug-likeness (QED) is 0.396. The Kier molecular flexibility index (Phi) is 8.44. The van der Waals surface area contributed by atoms with Crippen molar-refractivity contribution in [3.05, 3.63) is 106 Å². The Morgan fingerprint density at radius 2 is 1.52 bits per heavy atom. The number of rotatable bonds is 8. The number of hydrogen-bond donors (Lipinski definition) is 1. The lowest BCUT2D eigenvalue weighted by molar-refractivity contribution is -0.126. The zero-order valence-corrected chi connectivity index (χ0v) is 20.2. The Morgan fingerprint density at radius 1 is 0.909 bits per heavy atom. The van der Waals surface area contributed by atoms with Crippen molar-refractivity contribution in [1.82, 2.24) is 10.2 Å². The number of carbonyl (C=O) groups is 1. The van der Waals surface area contributed by atoms with Gasteiger partial charge in [-0.3, -0.25) is 4.79 Å². The lowest BCUT2D eigenvalue weighted by Gasteiger charge is -2.32. The molecule has 1 saturated heterocycles. The summed E-state index contributed by atoms with van der Waals surface area (Å²) in [5, 5.41) is 4.24. The van der Waals surface area contributed by atoms with Crippen LogP contribution in [0.2, 0.25) is 10.0 Å². The van der Waals surface area contributed by atoms with E-state index in [4.69, 9.17) is 23.2 Å². The molecule has 172 valence electrons. The molecule has 3 aromatic rings. The molecule has 3 aromatic carbocycles. The molecule has 5 heteroatoms. The number of likely N-dealkylation sites (tertiary alicyclic amines) is 1. The highest BCUT2D eigenvalue weighted by Crippen LogP contribution is 2.29. The molecule has 0 unspecified atom stereocenters. The number of nitrogens with one attached hydrogen (secondary N) is 1. The van der Waals surface area contributed by atoms with E-state index in [1.165, 1.54) is 11.1 Å². The molecule has 0 aliphatic carbocycles. The Bertz CT molecular complexity index is 995. The lowest BCUT2D eigenvalue weighted by Crippen LogP contribution is -2.40. The molecule has 0 aromatic heterocycles. The zero-order valence-electron chi connectivity index (χ0n) is 18.7. The van der Waals surface area contributed by atoms with Crippen LogP contribution in [0.1, 0.15) is 41.9 Å². The number of benzene rings is 3. The third-order valence-electron chi connectivity index (χ3n) is 6.56. The minimum absolute atomic E-state index is 0.0615. The molecule has 1 aliphatic rings. The molecule has 1 amide bonds. The Morgan fingerprint density at radius 3 is 2.09 bits per heavy atom. The van der Waals surface area contributed by atoms with Gasteiger partial charge in [-0.05, 0) is 67.7 Å². The molecule has 4 rings (SSSR count). The molecular weight excluding hydrogens is 451 g/mol. The summed E-state index contributed by atoms with van der Waals surface area (Å²) in [7, 11) is 0. The topological polar surface area (TPSA) is 32.3 Å². The number of carbonyl (C=O) groups excluding carboxylic acids is 1. The third-order valence-corrected chi connectivity index (χ3v) is 7.15. The zero-order chi connectivity index (χ0) is 23.0. The van der Waals surface area contributed by atoms with E-state index in [1.807, 2.05) is 6.07 Å². The second kappa shape index (κ2) is 11.7. The van der Waals surface area contributed by atoms with Crippen molar-refractivity contribution < 1.29 is 4.79 Å². The molecular formula is C28H30Cl2N2O. The third kappa shape index (κ3) is 6.60. The predicted octanol–water partition coefficient (Wildman–Crippen LogP) is 6.54. The van der Waals surface area contributed by atoms with Crippen LogP contribution in [0.15, 0.2) is 78.9 Å². The van der Waals surface area contributed by atoms with Gasteiger partial charge in [0.15, 0.2) is 0 Å². The largest absolute Gasteiger partial charge is 0.352 e. The number of piperidine rings is 1. The van der Waals surface area contributed by atoms with E-state index < -0.39 is 0 Å². The van der Waals surface area contributed by atoms with Crippen LogP contribution >= 0.6 is 23.2 Å². The second-order valence-electron chi connectivity index (χ2n) is 8.73. The Labute approximate surface area is 206 Å². The van der Waals surface area contributed by atoms with Crippen LogP contribution in [0.4, 0.5) is 0 Å². The maximum atomic E-state index is 12.7. The van der Waals surface area contributed by atoms with Crippen LogP contribution in [-0.4, -0.2) is 30.4 Å². The van der Waals surface area contributed by atoms with Crippen LogP contribution in [0, 0.1) is 5.92 Å². The molecule has 0 bridgehead atoms. The fraction of sp³-hybridized carbons (Fsp3) is 0.321. The number of amides is 1. The fourth-order valence-corrected chi connectivity index (χ4v) is 5.09. The van der Waals surface area contributed by atoms with Crippen molar-refractivity contribution in [2.45, 2.75) is 31.7 Å². The van der Waals surface area contributed by atoms with Crippen molar-refractivity contribution in [2.24, 2.45) is 5.92 Å². The minimum Gasteiger partial charge on any atom is -0.352 e. The minimum atomic E-state index is 0.0615. The van der Waals surface area contributed by atoms with Gasteiger partial charge in [-0.15, -0.1) is 0 Å². The van der Waals surface area contributed by atoms with Crippen LogP contribution in [0.3, 0.4) is 0 Å². The van der Waals surface area contributed by atoms with Gasteiger partial charge < -0.3 is 10.2 Å². The van der Waals surface area contributed by atoms with Crippen molar-refractivity contribution in [3.63, 3.8) is 0 Å². The lowest BCUT2D eigenvalue weighted by atomic mass is 9.88. The standard InChI is InChI=1S/C28H30Cl2N2O/c29-25-12-11-24(27(30)19-25)20-31-28(33)23-13-16-32(17-14-23)18-15-26(21-7-3-1-4-8-21)22-9-5-2-6-10-22/h1-12,19,23,26H,13-18,20H2,(H,31,33). The molecule has 33 heavy (non-hydrogen) atoms. The predicted molar refractivity (Wildman–Crippen MR) is 137 cm³/mol. The fourth-order valence-electron chi connectivity index (χ4n) is 4.62. The molecule has 1 fully saturated rings. The summed E-state index contributed by atoms with van der Waals surface area (Å²) in [6, 6.07) is 26.9. The molecule has 3 nitrogen and oxygen atoms in total. The van der Waals surface area contributed by atoms with Gasteiger partial charge in [-0.2, -0.15) is 0 Å². The molecule has 1 aliphatic heterocycles. The van der Waals surface area contributed by atoms with E-state index >= 15 is 0 Å². The van der Waals surface area contributed by atoms with Crippen molar-refractivity contribution in [1.29, 1.82) is 0 Å². The van der Waals surface area contributed by atoms with Crippen LogP contribution in [-0.2, 0) is 11.3 Å². The molecule has 1 N–H and O–H groups in total. The van der Waals surface area contributed by atoms with Crippen LogP contribution < -0.4 is 5.32 Å². The SMILES string of the molecule is O=C(NCc1ccc(Cl)cc1Cl)C1CCN(CCC(c2ccccc2)c2ccccc2)CC1. The monoisotopic (exact) mass is 480 g/mol. The van der Waals surface area contributed by atoms with Crippen LogP contribution in [0.5, 0.6) is 0 Å². The van der Waals surface area contributed by atoms with Crippen molar-refractivity contribution in [3.8, 4) is 0 Å². The maximum Gasteiger partial charge on any atom is 0.223 e. The van der Waals surface area contributed by atoms with E-state index in [1.54, 1.807) is 12.1 Å². The maximum absolute atomic E-state index is 12.7. The smallest absolute Gasteiger partial charge is 0.223 e. The van der Waals surface area contributed by atoms with Gasteiger partial charge in [0.05, 0.1) is 0 Å². The molecule has 0 atom stereocenters. The van der Waals surface area contributed by atoms with Crippen molar-refractivity contribution >= 4 is 29.1 Å². The number of hydrogen-bond acceptors (Lipinski definition) is 2. The molecule has 0 radical (unpaired) electrons. The highest BCUT2D eigenvalue weighted by molar-refractivity contribution is 6.35. The van der Waals surface area contributed by atoms with Crippen LogP contribution in [0.25, 0.3) is 0 Å². The first-order valence-corrected chi connectivity index (χ1v) is 12.4. The first kappa shape index (κ1) is 23.8. The molecule has 0 saturated carbocycles. The second-order valence-corrected chi connectivity index (χ2v) is 9.58. The van der Waals surface area contributed by atoms with E-state index in [2.05, 4.69) is 70.9 Å². The summed E-state index contributed by atoms with van der Waals surface area (Å²) in [5.74, 6) is 0.566.